The van der Waals surface area contributed by atoms with Gasteiger partial charge in [0.25, 0.3) is 0 Å². The summed E-state index contributed by atoms with van der Waals surface area (Å²) in [6.45, 7) is 4.79. The highest BCUT2D eigenvalue weighted by Gasteiger charge is 2.27. The monoisotopic (exact) mass is 772 g/mol. The summed E-state index contributed by atoms with van der Waals surface area (Å²) in [5, 5.41) is 13.8. The number of nitrogens with one attached hydrogen (secondary N) is 1. The highest BCUT2D eigenvalue weighted by Crippen LogP contribution is 2.43. The Morgan fingerprint density at radius 3 is 1.51 bits per heavy atom. The second kappa shape index (κ2) is 36.6. The van der Waals surface area contributed by atoms with Crippen molar-refractivity contribution in [1.82, 2.24) is 5.32 Å². The summed E-state index contributed by atoms with van der Waals surface area (Å²) in [4.78, 5) is 23.1. The highest BCUT2D eigenvalue weighted by atomic mass is 31.2. The molecule has 0 bridgehead atoms. The van der Waals surface area contributed by atoms with E-state index in [1.807, 2.05) is 27.2 Å². The van der Waals surface area contributed by atoms with Crippen molar-refractivity contribution in [2.45, 2.75) is 212 Å². The first-order chi connectivity index (χ1) is 25.5. The average molecular weight is 772 g/mol. The molecular formula is C44H88N2O6P+. The lowest BCUT2D eigenvalue weighted by Crippen LogP contribution is -2.45. The molecule has 53 heavy (non-hydrogen) atoms. The first-order valence-electron chi connectivity index (χ1n) is 22.2. The number of amides is 1. The molecule has 0 aliphatic carbocycles. The van der Waals surface area contributed by atoms with E-state index in [1.165, 1.54) is 141 Å². The minimum absolute atomic E-state index is 0.0582. The molecule has 0 rings (SSSR count). The van der Waals surface area contributed by atoms with Crippen LogP contribution in [0.2, 0.25) is 0 Å². The first-order valence-corrected chi connectivity index (χ1v) is 23.7. The number of unbranched alkanes of at least 4 members (excludes halogenated alkanes) is 25. The van der Waals surface area contributed by atoms with Crippen molar-refractivity contribution >= 4 is 13.7 Å². The Kier molecular flexibility index (Phi) is 35.9. The van der Waals surface area contributed by atoms with Crippen LogP contribution in [0.4, 0.5) is 0 Å². The molecule has 0 radical (unpaired) electrons. The molecule has 0 aliphatic heterocycles. The van der Waals surface area contributed by atoms with Crippen molar-refractivity contribution in [3.8, 4) is 0 Å². The van der Waals surface area contributed by atoms with Crippen LogP contribution in [0.1, 0.15) is 200 Å². The normalized spacial score (nSPS) is 14.6. The van der Waals surface area contributed by atoms with E-state index >= 15 is 0 Å². The maximum atomic E-state index is 12.8. The molecule has 8 nitrogen and oxygen atoms in total. The SMILES string of the molecule is CCCCCCCCCCC/C=C/CC/C=C/C(O)C(COP(=O)(O)OCC[N+](C)(C)C)NC(=O)CCCCCCCCCCCCCCCCCC. The predicted molar refractivity (Wildman–Crippen MR) is 226 cm³/mol. The van der Waals surface area contributed by atoms with Gasteiger partial charge in [0, 0.05) is 6.42 Å². The first kappa shape index (κ1) is 52.0. The number of aliphatic hydroxyl groups excluding tert-OH is 1. The van der Waals surface area contributed by atoms with Crippen LogP contribution in [0.25, 0.3) is 0 Å². The molecule has 0 fully saturated rings. The molecule has 0 spiro atoms. The lowest BCUT2D eigenvalue weighted by Gasteiger charge is -2.25. The van der Waals surface area contributed by atoms with Crippen LogP contribution in [0.15, 0.2) is 24.3 Å². The predicted octanol–water partition coefficient (Wildman–Crippen LogP) is 12.1. The molecule has 3 atom stereocenters. The summed E-state index contributed by atoms with van der Waals surface area (Å²) in [5.41, 5.74) is 0. The van der Waals surface area contributed by atoms with Gasteiger partial charge in [-0.1, -0.05) is 186 Å². The van der Waals surface area contributed by atoms with Crippen molar-refractivity contribution in [3.63, 3.8) is 0 Å². The van der Waals surface area contributed by atoms with Gasteiger partial charge in [-0.05, 0) is 32.1 Å². The molecule has 1 amide bonds. The molecule has 0 saturated carbocycles. The highest BCUT2D eigenvalue weighted by molar-refractivity contribution is 7.47. The quantitative estimate of drug-likeness (QED) is 0.0248. The Balaban J connectivity index is 4.46. The van der Waals surface area contributed by atoms with Gasteiger partial charge in [-0.15, -0.1) is 0 Å². The van der Waals surface area contributed by atoms with Crippen molar-refractivity contribution in [3.05, 3.63) is 24.3 Å². The van der Waals surface area contributed by atoms with Gasteiger partial charge in [0.1, 0.15) is 13.2 Å². The number of phosphoric acid groups is 1. The summed E-state index contributed by atoms with van der Waals surface area (Å²) >= 11 is 0. The molecule has 314 valence electrons. The third-order valence-electron chi connectivity index (χ3n) is 9.92. The fourth-order valence-electron chi connectivity index (χ4n) is 6.35. The topological polar surface area (TPSA) is 105 Å². The van der Waals surface area contributed by atoms with Crippen molar-refractivity contribution in [2.24, 2.45) is 0 Å². The van der Waals surface area contributed by atoms with E-state index in [4.69, 9.17) is 9.05 Å². The van der Waals surface area contributed by atoms with Gasteiger partial charge in [0.15, 0.2) is 0 Å². The number of quaternary nitrogens is 1. The van der Waals surface area contributed by atoms with E-state index in [0.717, 1.165) is 38.5 Å². The van der Waals surface area contributed by atoms with Crippen LogP contribution in [0.3, 0.4) is 0 Å². The Hall–Kier alpha value is -1.02. The van der Waals surface area contributed by atoms with Crippen LogP contribution in [-0.4, -0.2) is 73.4 Å². The third kappa shape index (κ3) is 39.0. The fourth-order valence-corrected chi connectivity index (χ4v) is 7.09. The second-order valence-electron chi connectivity index (χ2n) is 16.4. The number of allylic oxidation sites excluding steroid dienone is 3. The summed E-state index contributed by atoms with van der Waals surface area (Å²) in [6.07, 6.45) is 42.4. The smallest absolute Gasteiger partial charge is 0.387 e. The lowest BCUT2D eigenvalue weighted by molar-refractivity contribution is -0.870. The average Bonchev–Trinajstić information content (AvgIpc) is 3.10. The fraction of sp³-hybridized carbons (Fsp3) is 0.886. The summed E-state index contributed by atoms with van der Waals surface area (Å²) in [6, 6.07) is -0.857. The van der Waals surface area contributed by atoms with Crippen molar-refractivity contribution in [2.75, 3.05) is 40.9 Å². The van der Waals surface area contributed by atoms with E-state index in [1.54, 1.807) is 6.08 Å². The number of carbonyl (C=O) groups is 1. The van der Waals surface area contributed by atoms with Gasteiger partial charge in [0.2, 0.25) is 5.91 Å². The molecule has 0 aromatic heterocycles. The zero-order chi connectivity index (χ0) is 39.3. The Morgan fingerprint density at radius 2 is 1.04 bits per heavy atom. The number of rotatable bonds is 40. The molecule has 0 heterocycles. The van der Waals surface area contributed by atoms with Gasteiger partial charge >= 0.3 is 7.82 Å². The van der Waals surface area contributed by atoms with Gasteiger partial charge in [0.05, 0.1) is 39.9 Å². The molecule has 0 aromatic rings. The molecule has 3 N–H and O–H groups in total. The molecule has 0 aromatic carbocycles. The van der Waals surface area contributed by atoms with Crippen LogP contribution in [0.5, 0.6) is 0 Å². The van der Waals surface area contributed by atoms with Gasteiger partial charge in [-0.2, -0.15) is 0 Å². The van der Waals surface area contributed by atoms with Gasteiger partial charge in [-0.3, -0.25) is 13.8 Å². The summed E-state index contributed by atoms with van der Waals surface area (Å²) < 4.78 is 23.5. The Bertz CT molecular complexity index is 922. The molecule has 3 unspecified atom stereocenters. The number of carbonyl (C=O) groups excluding carboxylic acids is 1. The van der Waals surface area contributed by atoms with Crippen LogP contribution in [-0.2, 0) is 18.4 Å². The van der Waals surface area contributed by atoms with E-state index in [-0.39, 0.29) is 19.1 Å². The molecular weight excluding hydrogens is 683 g/mol. The minimum Gasteiger partial charge on any atom is -0.387 e. The minimum atomic E-state index is -4.34. The Labute approximate surface area is 328 Å². The van der Waals surface area contributed by atoms with Crippen molar-refractivity contribution in [1.29, 1.82) is 0 Å². The molecule has 9 heteroatoms. The largest absolute Gasteiger partial charge is 0.472 e. The number of hydrogen-bond acceptors (Lipinski definition) is 5. The number of phosphoric ester groups is 1. The number of hydrogen-bond donors (Lipinski definition) is 3. The number of aliphatic hydroxyl groups is 1. The number of likely N-dealkylation sites (N-methyl/N-ethyl adjacent to an activating group) is 1. The zero-order valence-electron chi connectivity index (χ0n) is 35.5. The number of nitrogens with zero attached hydrogens (tertiary/aromatic N) is 1. The Morgan fingerprint density at radius 1 is 0.623 bits per heavy atom. The third-order valence-corrected chi connectivity index (χ3v) is 10.9. The van der Waals surface area contributed by atoms with E-state index in [9.17, 15) is 19.4 Å². The van der Waals surface area contributed by atoms with E-state index in [2.05, 4.69) is 31.3 Å². The lowest BCUT2D eigenvalue weighted by atomic mass is 10.0. The van der Waals surface area contributed by atoms with Crippen molar-refractivity contribution < 1.29 is 32.9 Å². The van der Waals surface area contributed by atoms with Gasteiger partial charge < -0.3 is 19.8 Å². The van der Waals surface area contributed by atoms with E-state index in [0.29, 0.717) is 17.4 Å². The summed E-state index contributed by atoms with van der Waals surface area (Å²) in [7, 11) is 1.56. The maximum Gasteiger partial charge on any atom is 0.472 e. The van der Waals surface area contributed by atoms with Crippen LogP contribution in [0, 0.1) is 0 Å². The molecule has 0 aliphatic rings. The van der Waals surface area contributed by atoms with E-state index < -0.39 is 20.0 Å². The van der Waals surface area contributed by atoms with Crippen LogP contribution < -0.4 is 5.32 Å². The van der Waals surface area contributed by atoms with Gasteiger partial charge in [-0.25, -0.2) is 4.57 Å². The maximum absolute atomic E-state index is 12.8. The second-order valence-corrected chi connectivity index (χ2v) is 17.9. The zero-order valence-corrected chi connectivity index (χ0v) is 36.4. The standard InChI is InChI=1S/C44H87N2O6P/c1-6-8-10-12-14-16-18-20-22-24-26-28-30-32-34-36-38-44(48)45-42(41-52-53(49,50)51-40-39-46(3,4)5)43(47)37-35-33-31-29-27-25-23-21-19-17-15-13-11-9-7-2/h27,29,35,37,42-43,47H,6-26,28,30-34,36,38-41H2,1-5H3,(H-,45,48,49,50)/p+1/b29-27+,37-35+. The molecule has 0 saturated heterocycles. The summed E-state index contributed by atoms with van der Waals surface area (Å²) in [5.74, 6) is -0.186. The van der Waals surface area contributed by atoms with Crippen LogP contribution >= 0.6 is 7.82 Å².